The summed E-state index contributed by atoms with van der Waals surface area (Å²) in [5.74, 6) is 1.32. The summed E-state index contributed by atoms with van der Waals surface area (Å²) in [7, 11) is 1.55. The summed E-state index contributed by atoms with van der Waals surface area (Å²) >= 11 is 0. The van der Waals surface area contributed by atoms with E-state index in [1.165, 1.54) is 0 Å². The van der Waals surface area contributed by atoms with Crippen LogP contribution in [0.4, 0.5) is 10.5 Å². The van der Waals surface area contributed by atoms with Crippen molar-refractivity contribution < 1.29 is 19.1 Å². The lowest BCUT2D eigenvalue weighted by Gasteiger charge is -2.22. The van der Waals surface area contributed by atoms with Gasteiger partial charge >= 0.3 is 6.03 Å². The van der Waals surface area contributed by atoms with Crippen LogP contribution < -0.4 is 25.0 Å². The number of anilines is 1. The zero-order chi connectivity index (χ0) is 14.8. The van der Waals surface area contributed by atoms with Gasteiger partial charge in [0.15, 0.2) is 11.5 Å². The molecular weight excluding hydrogens is 274 g/mol. The summed E-state index contributed by atoms with van der Waals surface area (Å²) in [4.78, 5) is 25.1. The lowest BCUT2D eigenvalue weighted by molar-refractivity contribution is -0.117. The molecule has 7 nitrogen and oxygen atoms in total. The van der Waals surface area contributed by atoms with Gasteiger partial charge in [-0.2, -0.15) is 0 Å². The zero-order valence-corrected chi connectivity index (χ0v) is 11.7. The molecule has 2 N–H and O–H groups in total. The van der Waals surface area contributed by atoms with Crippen molar-refractivity contribution in [2.45, 2.75) is 12.5 Å². The summed E-state index contributed by atoms with van der Waals surface area (Å²) in [6.07, 6.45) is 0.294. The fourth-order valence-electron chi connectivity index (χ4n) is 2.51. The molecule has 1 fully saturated rings. The number of urea groups is 1. The number of fused-ring (bicyclic) bond motifs is 1. The SMILES string of the molecule is CNC(=O)N[C@@H]1CC(=O)N(c2ccc3c(c2)OCCO3)C1. The average molecular weight is 291 g/mol. The Morgan fingerprint density at radius 3 is 2.81 bits per heavy atom. The maximum absolute atomic E-state index is 12.1. The number of benzene rings is 1. The van der Waals surface area contributed by atoms with Crippen molar-refractivity contribution in [3.63, 3.8) is 0 Å². The van der Waals surface area contributed by atoms with Crippen LogP contribution in [0.5, 0.6) is 11.5 Å². The third kappa shape index (κ3) is 2.72. The van der Waals surface area contributed by atoms with E-state index in [0.29, 0.717) is 37.7 Å². The normalized spacial score (nSPS) is 20.3. The van der Waals surface area contributed by atoms with Gasteiger partial charge in [-0.15, -0.1) is 0 Å². The first-order valence-electron chi connectivity index (χ1n) is 6.85. The van der Waals surface area contributed by atoms with Crippen molar-refractivity contribution >= 4 is 17.6 Å². The second-order valence-electron chi connectivity index (χ2n) is 4.96. The van der Waals surface area contributed by atoms with E-state index in [2.05, 4.69) is 10.6 Å². The van der Waals surface area contributed by atoms with Crippen LogP contribution in [0.1, 0.15) is 6.42 Å². The summed E-state index contributed by atoms with van der Waals surface area (Å²) in [5.41, 5.74) is 0.755. The molecular formula is C14H17N3O4. The van der Waals surface area contributed by atoms with Crippen LogP contribution >= 0.6 is 0 Å². The van der Waals surface area contributed by atoms with Gasteiger partial charge < -0.3 is 25.0 Å². The summed E-state index contributed by atoms with van der Waals surface area (Å²) in [5, 5.41) is 5.24. The van der Waals surface area contributed by atoms with Gasteiger partial charge in [0.2, 0.25) is 5.91 Å². The maximum atomic E-state index is 12.1. The summed E-state index contributed by atoms with van der Waals surface area (Å²) in [6.45, 7) is 1.49. The lowest BCUT2D eigenvalue weighted by atomic mass is 10.2. The van der Waals surface area contributed by atoms with E-state index >= 15 is 0 Å². The zero-order valence-electron chi connectivity index (χ0n) is 11.7. The molecule has 1 aromatic carbocycles. The molecule has 0 saturated carbocycles. The Labute approximate surface area is 122 Å². The first-order chi connectivity index (χ1) is 10.2. The number of carbonyl (C=O) groups is 2. The summed E-state index contributed by atoms with van der Waals surface area (Å²) in [6, 6.07) is 4.96. The Morgan fingerprint density at radius 1 is 1.29 bits per heavy atom. The van der Waals surface area contributed by atoms with E-state index in [1.54, 1.807) is 24.1 Å². The Kier molecular flexibility index (Phi) is 3.55. The standard InChI is InChI=1S/C14H17N3O4/c1-15-14(19)16-9-6-13(18)17(8-9)10-2-3-11-12(7-10)21-5-4-20-11/h2-3,7,9H,4-6,8H2,1H3,(H2,15,16,19)/t9-/m1/s1. The molecule has 1 aromatic rings. The molecule has 0 radical (unpaired) electrons. The number of rotatable bonds is 2. The minimum absolute atomic E-state index is 0.0203. The molecule has 2 aliphatic rings. The van der Waals surface area contributed by atoms with E-state index in [4.69, 9.17) is 9.47 Å². The van der Waals surface area contributed by atoms with Crippen LogP contribution in [0.25, 0.3) is 0 Å². The molecule has 2 heterocycles. The van der Waals surface area contributed by atoms with Crippen LogP contribution in [0.2, 0.25) is 0 Å². The van der Waals surface area contributed by atoms with Crippen molar-refractivity contribution in [3.8, 4) is 11.5 Å². The van der Waals surface area contributed by atoms with Gasteiger partial charge in [-0.3, -0.25) is 4.79 Å². The number of amides is 3. The van der Waals surface area contributed by atoms with Gasteiger partial charge in [-0.1, -0.05) is 0 Å². The highest BCUT2D eigenvalue weighted by atomic mass is 16.6. The molecule has 1 saturated heterocycles. The Balaban J connectivity index is 1.75. The quantitative estimate of drug-likeness (QED) is 0.831. The van der Waals surface area contributed by atoms with Gasteiger partial charge in [0.25, 0.3) is 0 Å². The first kappa shape index (κ1) is 13.5. The highest BCUT2D eigenvalue weighted by Gasteiger charge is 2.32. The molecule has 1 atom stereocenters. The molecule has 112 valence electrons. The highest BCUT2D eigenvalue weighted by Crippen LogP contribution is 2.35. The van der Waals surface area contributed by atoms with Crippen LogP contribution in [0.15, 0.2) is 18.2 Å². The molecule has 0 spiro atoms. The monoisotopic (exact) mass is 291 g/mol. The van der Waals surface area contributed by atoms with Crippen molar-refractivity contribution in [2.24, 2.45) is 0 Å². The number of nitrogens with one attached hydrogen (secondary N) is 2. The van der Waals surface area contributed by atoms with Crippen molar-refractivity contribution in [3.05, 3.63) is 18.2 Å². The number of hydrogen-bond acceptors (Lipinski definition) is 4. The Hall–Kier alpha value is -2.44. The maximum Gasteiger partial charge on any atom is 0.314 e. The number of ether oxygens (including phenoxy) is 2. The van der Waals surface area contributed by atoms with Crippen molar-refractivity contribution in [1.82, 2.24) is 10.6 Å². The number of nitrogens with zero attached hydrogens (tertiary/aromatic N) is 1. The molecule has 0 aliphatic carbocycles. The molecule has 0 bridgehead atoms. The molecule has 3 amide bonds. The molecule has 7 heteroatoms. The predicted molar refractivity (Wildman–Crippen MR) is 75.8 cm³/mol. The fourth-order valence-corrected chi connectivity index (χ4v) is 2.51. The van der Waals surface area contributed by atoms with E-state index in [9.17, 15) is 9.59 Å². The predicted octanol–water partition coefficient (Wildman–Crippen LogP) is 0.492. The third-order valence-corrected chi connectivity index (χ3v) is 3.52. The smallest absolute Gasteiger partial charge is 0.314 e. The third-order valence-electron chi connectivity index (χ3n) is 3.52. The van der Waals surface area contributed by atoms with Gasteiger partial charge in [0, 0.05) is 31.8 Å². The van der Waals surface area contributed by atoms with Crippen LogP contribution in [0, 0.1) is 0 Å². The van der Waals surface area contributed by atoms with E-state index in [1.807, 2.05) is 6.07 Å². The van der Waals surface area contributed by atoms with Gasteiger partial charge in [-0.05, 0) is 12.1 Å². The lowest BCUT2D eigenvalue weighted by Crippen LogP contribution is -2.41. The van der Waals surface area contributed by atoms with Crippen molar-refractivity contribution in [2.75, 3.05) is 31.7 Å². The first-order valence-corrected chi connectivity index (χ1v) is 6.85. The molecule has 0 aromatic heterocycles. The van der Waals surface area contributed by atoms with Gasteiger partial charge in [-0.25, -0.2) is 4.79 Å². The van der Waals surface area contributed by atoms with Crippen LogP contribution in [0.3, 0.4) is 0 Å². The second-order valence-corrected chi connectivity index (χ2v) is 4.96. The van der Waals surface area contributed by atoms with E-state index in [0.717, 1.165) is 5.69 Å². The number of carbonyl (C=O) groups excluding carboxylic acids is 2. The fraction of sp³-hybridized carbons (Fsp3) is 0.429. The van der Waals surface area contributed by atoms with Crippen LogP contribution in [-0.2, 0) is 4.79 Å². The van der Waals surface area contributed by atoms with E-state index in [-0.39, 0.29) is 18.0 Å². The van der Waals surface area contributed by atoms with Gasteiger partial charge in [0.05, 0.1) is 6.04 Å². The molecule has 3 rings (SSSR count). The number of hydrogen-bond donors (Lipinski definition) is 2. The largest absolute Gasteiger partial charge is 0.486 e. The van der Waals surface area contributed by atoms with Crippen molar-refractivity contribution in [1.29, 1.82) is 0 Å². The minimum atomic E-state index is -0.281. The minimum Gasteiger partial charge on any atom is -0.486 e. The molecule has 21 heavy (non-hydrogen) atoms. The second kappa shape index (κ2) is 5.51. The Bertz CT molecular complexity index is 575. The average Bonchev–Trinajstić information content (AvgIpc) is 2.87. The Morgan fingerprint density at radius 2 is 2.05 bits per heavy atom. The van der Waals surface area contributed by atoms with Gasteiger partial charge in [0.1, 0.15) is 13.2 Å². The topological polar surface area (TPSA) is 79.9 Å². The van der Waals surface area contributed by atoms with E-state index < -0.39 is 0 Å². The van der Waals surface area contributed by atoms with Crippen LogP contribution in [-0.4, -0.2) is 44.8 Å². The highest BCUT2D eigenvalue weighted by molar-refractivity contribution is 5.97. The molecule has 2 aliphatic heterocycles. The molecule has 0 unspecified atom stereocenters. The summed E-state index contributed by atoms with van der Waals surface area (Å²) < 4.78 is 11.0.